The predicted octanol–water partition coefficient (Wildman–Crippen LogP) is 7.29. The molecule has 2 amide bonds. The number of anilines is 2. The van der Waals surface area contributed by atoms with Crippen molar-refractivity contribution in [2.45, 2.75) is 18.2 Å². The molecule has 198 valence electrons. The summed E-state index contributed by atoms with van der Waals surface area (Å²) in [6.07, 6.45) is -5.54. The fourth-order valence-corrected chi connectivity index (χ4v) is 4.29. The summed E-state index contributed by atoms with van der Waals surface area (Å²) < 4.78 is 42.7. The van der Waals surface area contributed by atoms with Gasteiger partial charge in [-0.05, 0) is 42.5 Å². The highest BCUT2D eigenvalue weighted by Gasteiger charge is 2.62. The van der Waals surface area contributed by atoms with E-state index in [1.807, 2.05) is 0 Å². The first-order valence-electron chi connectivity index (χ1n) is 10.5. The maximum Gasteiger partial charge on any atom is 0.435 e. The number of oxime groups is 1. The Labute approximate surface area is 227 Å². The van der Waals surface area contributed by atoms with Gasteiger partial charge in [0.05, 0.1) is 21.3 Å². The number of hydrogen-bond acceptors (Lipinski definition) is 6. The van der Waals surface area contributed by atoms with Crippen LogP contribution < -0.4 is 16.2 Å². The second kappa shape index (κ2) is 10.6. The van der Waals surface area contributed by atoms with Crippen LogP contribution in [0.5, 0.6) is 0 Å². The van der Waals surface area contributed by atoms with Gasteiger partial charge in [-0.3, -0.25) is 21.0 Å². The summed E-state index contributed by atoms with van der Waals surface area (Å²) in [4.78, 5) is 27.4. The Morgan fingerprint density at radius 3 is 2.29 bits per heavy atom. The number of nitrogens with one attached hydrogen (secondary N) is 3. The number of amides is 2. The fraction of sp³-hybridized carbons (Fsp3) is 0.130. The lowest BCUT2D eigenvalue weighted by Crippen LogP contribution is -2.42. The molecule has 4 rings (SSSR count). The van der Waals surface area contributed by atoms with E-state index in [4.69, 9.17) is 39.6 Å². The second-order valence-electron chi connectivity index (χ2n) is 7.99. The standard InChI is InChI=1S/C23H15Cl3F3N5O4/c24-14-8-13(9-15(25)10-14)22(23(27,28)29)11-20(33-38-22)12-1-6-18(26)19(7-12)31-32-21(35)30-16-2-4-17(5-3-16)34(36)37/h1-10,31H,11H2,(H2,30,32,35). The average Bonchev–Trinajstić information content (AvgIpc) is 3.30. The van der Waals surface area contributed by atoms with Crippen LogP contribution in [0.15, 0.2) is 65.8 Å². The minimum Gasteiger partial charge on any atom is -0.374 e. The molecule has 0 saturated heterocycles. The van der Waals surface area contributed by atoms with Crippen molar-refractivity contribution < 1.29 is 27.7 Å². The summed E-state index contributed by atoms with van der Waals surface area (Å²) in [5.74, 6) is 0. The molecule has 3 N–H and O–H groups in total. The number of hydrazine groups is 1. The van der Waals surface area contributed by atoms with Crippen LogP contribution in [0, 0.1) is 10.1 Å². The largest absolute Gasteiger partial charge is 0.435 e. The van der Waals surface area contributed by atoms with Gasteiger partial charge in [0, 0.05) is 45.4 Å². The van der Waals surface area contributed by atoms with Crippen LogP contribution in [-0.2, 0) is 10.4 Å². The average molecular weight is 589 g/mol. The Balaban J connectivity index is 1.49. The minimum absolute atomic E-state index is 0.00392. The van der Waals surface area contributed by atoms with Crippen LogP contribution in [0.25, 0.3) is 0 Å². The number of nitro benzene ring substituents is 1. The summed E-state index contributed by atoms with van der Waals surface area (Å²) in [5, 5.41) is 17.0. The number of alkyl halides is 3. The number of nitrogens with zero attached hydrogens (tertiary/aromatic N) is 2. The number of nitro groups is 1. The monoisotopic (exact) mass is 587 g/mol. The van der Waals surface area contributed by atoms with E-state index < -0.39 is 29.2 Å². The van der Waals surface area contributed by atoms with Crippen molar-refractivity contribution in [2.24, 2.45) is 5.16 Å². The molecule has 0 aromatic heterocycles. The van der Waals surface area contributed by atoms with Gasteiger partial charge in [-0.25, -0.2) is 4.79 Å². The van der Waals surface area contributed by atoms with E-state index in [2.05, 4.69) is 21.3 Å². The molecule has 1 unspecified atom stereocenters. The molecule has 0 aliphatic carbocycles. The van der Waals surface area contributed by atoms with Crippen molar-refractivity contribution in [3.8, 4) is 0 Å². The summed E-state index contributed by atoms with van der Waals surface area (Å²) in [6, 6.07) is 12.1. The Morgan fingerprint density at radius 1 is 1.03 bits per heavy atom. The van der Waals surface area contributed by atoms with E-state index in [-0.39, 0.29) is 49.0 Å². The van der Waals surface area contributed by atoms with Crippen molar-refractivity contribution in [1.82, 2.24) is 5.43 Å². The Kier molecular flexibility index (Phi) is 7.58. The third-order valence-corrected chi connectivity index (χ3v) is 6.23. The van der Waals surface area contributed by atoms with Crippen molar-refractivity contribution in [3.05, 3.63) is 97.0 Å². The van der Waals surface area contributed by atoms with Crippen molar-refractivity contribution >= 4 is 63.6 Å². The third kappa shape index (κ3) is 5.72. The Hall–Kier alpha value is -3.74. The summed E-state index contributed by atoms with van der Waals surface area (Å²) >= 11 is 18.0. The highest BCUT2D eigenvalue weighted by atomic mass is 35.5. The molecule has 38 heavy (non-hydrogen) atoms. The number of hydrogen-bond donors (Lipinski definition) is 3. The summed E-state index contributed by atoms with van der Waals surface area (Å²) in [6.45, 7) is 0. The lowest BCUT2D eigenvalue weighted by molar-refractivity contribution is -0.384. The molecule has 1 aliphatic heterocycles. The third-order valence-electron chi connectivity index (χ3n) is 5.46. The summed E-state index contributed by atoms with van der Waals surface area (Å²) in [5.41, 5.74) is 2.26. The van der Waals surface area contributed by atoms with Crippen LogP contribution in [0.2, 0.25) is 15.1 Å². The molecular weight excluding hydrogens is 574 g/mol. The lowest BCUT2D eigenvalue weighted by atomic mass is 9.86. The molecule has 1 aliphatic rings. The maximum absolute atomic E-state index is 14.2. The van der Waals surface area contributed by atoms with E-state index >= 15 is 0 Å². The molecule has 1 atom stereocenters. The number of halogens is 6. The maximum atomic E-state index is 14.2. The van der Waals surface area contributed by atoms with Crippen LogP contribution >= 0.6 is 34.8 Å². The van der Waals surface area contributed by atoms with Crippen molar-refractivity contribution in [1.29, 1.82) is 0 Å². The van der Waals surface area contributed by atoms with Gasteiger partial charge in [0.25, 0.3) is 11.3 Å². The molecular formula is C23H15Cl3F3N5O4. The normalized spacial score (nSPS) is 16.8. The molecule has 0 bridgehead atoms. The highest BCUT2D eigenvalue weighted by molar-refractivity contribution is 6.34. The number of rotatable bonds is 6. The van der Waals surface area contributed by atoms with Gasteiger partial charge in [-0.1, -0.05) is 46.0 Å². The van der Waals surface area contributed by atoms with Gasteiger partial charge < -0.3 is 10.2 Å². The number of carbonyl (C=O) groups excluding carboxylic acids is 1. The molecule has 1 heterocycles. The molecule has 0 spiro atoms. The van der Waals surface area contributed by atoms with E-state index in [0.29, 0.717) is 0 Å². The lowest BCUT2D eigenvalue weighted by Gasteiger charge is -2.29. The molecule has 0 radical (unpaired) electrons. The highest BCUT2D eigenvalue weighted by Crippen LogP contribution is 2.49. The molecule has 0 fully saturated rings. The molecule has 9 nitrogen and oxygen atoms in total. The molecule has 3 aromatic rings. The number of non-ortho nitro benzene ring substituents is 1. The molecule has 0 saturated carbocycles. The van der Waals surface area contributed by atoms with Crippen molar-refractivity contribution in [3.63, 3.8) is 0 Å². The quantitative estimate of drug-likeness (QED) is 0.207. The number of urea groups is 1. The zero-order chi connectivity index (χ0) is 27.7. The van der Waals surface area contributed by atoms with Crippen LogP contribution in [0.1, 0.15) is 17.5 Å². The first-order chi connectivity index (χ1) is 17.9. The fourth-order valence-electron chi connectivity index (χ4n) is 3.60. The van der Waals surface area contributed by atoms with Gasteiger partial charge in [0.15, 0.2) is 0 Å². The van der Waals surface area contributed by atoms with Gasteiger partial charge in [-0.2, -0.15) is 13.2 Å². The van der Waals surface area contributed by atoms with Crippen molar-refractivity contribution in [2.75, 3.05) is 10.7 Å². The van der Waals surface area contributed by atoms with Gasteiger partial charge in [0.1, 0.15) is 0 Å². The van der Waals surface area contributed by atoms with Gasteiger partial charge >= 0.3 is 12.2 Å². The van der Waals surface area contributed by atoms with E-state index in [1.54, 1.807) is 0 Å². The van der Waals surface area contributed by atoms with Crippen LogP contribution in [0.4, 0.5) is 35.0 Å². The van der Waals surface area contributed by atoms with Gasteiger partial charge in [0.2, 0.25) is 0 Å². The second-order valence-corrected chi connectivity index (χ2v) is 9.27. The zero-order valence-electron chi connectivity index (χ0n) is 18.8. The Morgan fingerprint density at radius 2 is 1.68 bits per heavy atom. The van der Waals surface area contributed by atoms with Crippen LogP contribution in [0.3, 0.4) is 0 Å². The number of carbonyl (C=O) groups is 1. The van der Waals surface area contributed by atoms with E-state index in [1.165, 1.54) is 48.5 Å². The minimum atomic E-state index is -4.86. The first-order valence-corrected chi connectivity index (χ1v) is 11.7. The SMILES string of the molecule is O=C(NNc1cc(C2=NOC(c3cc(Cl)cc(Cl)c3)(C(F)(F)F)C2)ccc1Cl)Nc1ccc([N+](=O)[O-])cc1. The van der Waals surface area contributed by atoms with Crippen LogP contribution in [-0.4, -0.2) is 22.8 Å². The van der Waals surface area contributed by atoms with E-state index in [0.717, 1.165) is 12.1 Å². The van der Waals surface area contributed by atoms with E-state index in [9.17, 15) is 28.1 Å². The Bertz CT molecular complexity index is 1420. The van der Waals surface area contributed by atoms with Gasteiger partial charge in [-0.15, -0.1) is 0 Å². The zero-order valence-corrected chi connectivity index (χ0v) is 21.0. The molecule has 3 aromatic carbocycles. The first kappa shape index (κ1) is 27.3. The predicted molar refractivity (Wildman–Crippen MR) is 137 cm³/mol. The molecule has 15 heteroatoms. The smallest absolute Gasteiger partial charge is 0.374 e. The summed E-state index contributed by atoms with van der Waals surface area (Å²) in [7, 11) is 0. The number of benzene rings is 3. The topological polar surface area (TPSA) is 118 Å².